The zero-order valence-corrected chi connectivity index (χ0v) is 27.9. The topological polar surface area (TPSA) is 67.7 Å². The molecule has 0 bridgehead atoms. The maximum Gasteiger partial charge on any atom is 0.307 e. The molecule has 3 fully saturated rings. The van der Waals surface area contributed by atoms with Gasteiger partial charge in [0.2, 0.25) is 0 Å². The number of likely N-dealkylation sites (tertiary alicyclic amines) is 2. The molecule has 3 aliphatic heterocycles. The lowest BCUT2D eigenvalue weighted by atomic mass is 9.69. The van der Waals surface area contributed by atoms with Crippen LogP contribution < -0.4 is 5.56 Å². The normalized spacial score (nSPS) is 21.2. The van der Waals surface area contributed by atoms with Crippen LogP contribution in [0.3, 0.4) is 0 Å². The fourth-order valence-electron chi connectivity index (χ4n) is 8.70. The average Bonchev–Trinajstić information content (AvgIpc) is 3.28. The van der Waals surface area contributed by atoms with Gasteiger partial charge in [-0.05, 0) is 121 Å². The van der Waals surface area contributed by atoms with E-state index in [0.717, 1.165) is 95.4 Å². The zero-order chi connectivity index (χ0) is 31.3. The zero-order valence-electron chi connectivity index (χ0n) is 27.1. The van der Waals surface area contributed by atoms with Gasteiger partial charge in [-0.1, -0.05) is 49.1 Å². The highest BCUT2D eigenvalue weighted by molar-refractivity contribution is 6.35. The summed E-state index contributed by atoms with van der Waals surface area (Å²) in [5.74, 6) is 1.34. The Kier molecular flexibility index (Phi) is 8.32. The van der Waals surface area contributed by atoms with Crippen molar-refractivity contribution in [1.29, 1.82) is 0 Å². The van der Waals surface area contributed by atoms with Crippen molar-refractivity contribution in [2.24, 2.45) is 0 Å². The average molecular weight is 631 g/mol. The molecular weight excluding hydrogens is 584 g/mol. The third-order valence-electron chi connectivity index (χ3n) is 10.9. The van der Waals surface area contributed by atoms with Crippen molar-refractivity contribution in [2.45, 2.75) is 108 Å². The third kappa shape index (κ3) is 5.85. The smallest absolute Gasteiger partial charge is 0.307 e. The molecule has 7 rings (SSSR count). The molecular formula is C37H47ClN4O3. The van der Waals surface area contributed by atoms with Crippen LogP contribution in [0.15, 0.2) is 41.2 Å². The summed E-state index contributed by atoms with van der Waals surface area (Å²) in [4.78, 5) is 35.4. The Morgan fingerprint density at radius 3 is 2.44 bits per heavy atom. The second kappa shape index (κ2) is 12.1. The quantitative estimate of drug-likeness (QED) is 0.284. The van der Waals surface area contributed by atoms with Gasteiger partial charge in [-0.15, -0.1) is 0 Å². The molecule has 1 aliphatic carbocycles. The molecule has 2 saturated heterocycles. The van der Waals surface area contributed by atoms with Crippen LogP contribution in [-0.4, -0.2) is 69.7 Å². The second-order valence-electron chi connectivity index (χ2n) is 14.8. The molecule has 0 unspecified atom stereocenters. The predicted molar refractivity (Wildman–Crippen MR) is 180 cm³/mol. The van der Waals surface area contributed by atoms with Crippen molar-refractivity contribution in [2.75, 3.05) is 32.7 Å². The molecule has 0 atom stereocenters. The van der Waals surface area contributed by atoms with Crippen LogP contribution in [0.1, 0.15) is 108 Å². The van der Waals surface area contributed by atoms with E-state index >= 15 is 0 Å². The Labute approximate surface area is 271 Å². The van der Waals surface area contributed by atoms with Crippen molar-refractivity contribution in [3.05, 3.63) is 68.7 Å². The maximum absolute atomic E-state index is 13.3. The molecule has 45 heavy (non-hydrogen) atoms. The second-order valence-corrected chi connectivity index (χ2v) is 15.3. The fourth-order valence-corrected chi connectivity index (χ4v) is 8.95. The van der Waals surface area contributed by atoms with E-state index in [1.54, 1.807) is 6.07 Å². The number of benzene rings is 2. The van der Waals surface area contributed by atoms with Crippen LogP contribution >= 0.6 is 11.6 Å². The number of aromatic nitrogens is 2. The monoisotopic (exact) mass is 630 g/mol. The molecule has 8 heteroatoms. The van der Waals surface area contributed by atoms with E-state index < -0.39 is 5.60 Å². The molecule has 1 spiro atoms. The molecule has 3 aromatic rings. The van der Waals surface area contributed by atoms with Gasteiger partial charge in [0.05, 0.1) is 33.4 Å². The molecule has 0 radical (unpaired) electrons. The summed E-state index contributed by atoms with van der Waals surface area (Å²) < 4.78 is 7.77. The van der Waals surface area contributed by atoms with E-state index in [1.807, 2.05) is 32.9 Å². The number of hydrogen-bond acceptors (Lipinski definition) is 6. The van der Waals surface area contributed by atoms with E-state index in [4.69, 9.17) is 21.3 Å². The molecule has 0 N–H and O–H groups in total. The van der Waals surface area contributed by atoms with Gasteiger partial charge < -0.3 is 14.5 Å². The molecule has 4 heterocycles. The molecule has 1 aromatic heterocycles. The summed E-state index contributed by atoms with van der Waals surface area (Å²) in [7, 11) is 0. The van der Waals surface area contributed by atoms with Gasteiger partial charge in [-0.3, -0.25) is 14.2 Å². The van der Waals surface area contributed by atoms with Gasteiger partial charge in [0, 0.05) is 12.6 Å². The number of carbonyl (C=O) groups excluding carboxylic acids is 1. The number of rotatable bonds is 5. The molecule has 2 aromatic carbocycles. The number of fused-ring (bicyclic) bond motifs is 7. The lowest BCUT2D eigenvalue weighted by molar-refractivity contribution is -0.155. The van der Waals surface area contributed by atoms with Gasteiger partial charge in [-0.2, -0.15) is 4.98 Å². The predicted octanol–water partition coefficient (Wildman–Crippen LogP) is 6.98. The van der Waals surface area contributed by atoms with Gasteiger partial charge >= 0.3 is 5.97 Å². The van der Waals surface area contributed by atoms with E-state index in [0.29, 0.717) is 28.8 Å². The number of carbonyl (C=O) groups is 1. The van der Waals surface area contributed by atoms with Crippen LogP contribution in [0, 0.1) is 0 Å². The summed E-state index contributed by atoms with van der Waals surface area (Å²) in [5.41, 5.74) is 4.00. The van der Waals surface area contributed by atoms with Crippen LogP contribution in [0.5, 0.6) is 0 Å². The van der Waals surface area contributed by atoms with Crippen molar-refractivity contribution in [1.82, 2.24) is 19.4 Å². The summed E-state index contributed by atoms with van der Waals surface area (Å²) >= 11 is 6.58. The number of piperidine rings is 2. The molecule has 4 aliphatic rings. The van der Waals surface area contributed by atoms with E-state index in [1.165, 1.54) is 23.2 Å². The van der Waals surface area contributed by atoms with Gasteiger partial charge in [0.1, 0.15) is 11.4 Å². The minimum absolute atomic E-state index is 0.0996. The first-order chi connectivity index (χ1) is 21.6. The maximum atomic E-state index is 13.3. The minimum atomic E-state index is -0.418. The van der Waals surface area contributed by atoms with Crippen molar-refractivity contribution >= 4 is 28.5 Å². The highest BCUT2D eigenvalue weighted by atomic mass is 35.5. The van der Waals surface area contributed by atoms with Crippen molar-refractivity contribution in [3.63, 3.8) is 0 Å². The van der Waals surface area contributed by atoms with Crippen LogP contribution in [0.25, 0.3) is 16.6 Å². The van der Waals surface area contributed by atoms with Crippen LogP contribution in [-0.2, 0) is 14.9 Å². The fraction of sp³-hybridized carbons (Fsp3) is 0.595. The van der Waals surface area contributed by atoms with Crippen LogP contribution in [0.4, 0.5) is 0 Å². The standard InChI is InChI=1S/C37H47ClN4O3/c1-36(2,3)45-32(43)16-21-40-19-14-27(15-20-40)41-22-12-25(13-23-41)26-10-11-28-31(24-26)42-30-9-7-8-29(38)33(30)34(44)39-35(42)37(28)17-5-4-6-18-37/h7-11,24-25,27H,4-6,12-23H2,1-3H3. The lowest BCUT2D eigenvalue weighted by Gasteiger charge is -2.42. The van der Waals surface area contributed by atoms with E-state index in [-0.39, 0.29) is 16.9 Å². The first kappa shape index (κ1) is 30.9. The summed E-state index contributed by atoms with van der Waals surface area (Å²) in [5, 5.41) is 1.00. The molecule has 240 valence electrons. The summed E-state index contributed by atoms with van der Waals surface area (Å²) in [6, 6.07) is 13.6. The van der Waals surface area contributed by atoms with E-state index in [9.17, 15) is 9.59 Å². The SMILES string of the molecule is CC(C)(C)OC(=O)CCN1CCC(N2CCC(c3ccc4c(c3)-n3c(nc(=O)c5c(Cl)cccc53)C43CCCCC3)CC2)CC1. The number of hydrogen-bond donors (Lipinski definition) is 0. The van der Waals surface area contributed by atoms with E-state index in [2.05, 4.69) is 32.6 Å². The summed E-state index contributed by atoms with van der Waals surface area (Å²) in [6.07, 6.45) is 10.7. The first-order valence-electron chi connectivity index (χ1n) is 17.2. The Morgan fingerprint density at radius 2 is 1.73 bits per heavy atom. The highest BCUT2D eigenvalue weighted by Crippen LogP contribution is 2.52. The Hall–Kier alpha value is -2.74. The number of ether oxygens (including phenoxy) is 1. The number of esters is 1. The first-order valence-corrected chi connectivity index (χ1v) is 17.6. The Balaban J connectivity index is 1.05. The van der Waals surface area contributed by atoms with Gasteiger partial charge in [0.25, 0.3) is 5.56 Å². The molecule has 1 saturated carbocycles. The summed E-state index contributed by atoms with van der Waals surface area (Å²) in [6.45, 7) is 10.9. The number of nitrogens with zero attached hydrogens (tertiary/aromatic N) is 4. The Bertz CT molecular complexity index is 1640. The molecule has 7 nitrogen and oxygen atoms in total. The molecule has 0 amide bonds. The minimum Gasteiger partial charge on any atom is -0.460 e. The van der Waals surface area contributed by atoms with Crippen LogP contribution in [0.2, 0.25) is 5.02 Å². The van der Waals surface area contributed by atoms with Gasteiger partial charge in [0.15, 0.2) is 0 Å². The third-order valence-corrected chi connectivity index (χ3v) is 11.2. The van der Waals surface area contributed by atoms with Crippen molar-refractivity contribution < 1.29 is 9.53 Å². The lowest BCUT2D eigenvalue weighted by Crippen LogP contribution is -2.47. The highest BCUT2D eigenvalue weighted by Gasteiger charge is 2.46. The number of halogens is 1. The largest absolute Gasteiger partial charge is 0.460 e. The Morgan fingerprint density at radius 1 is 1.00 bits per heavy atom. The van der Waals surface area contributed by atoms with Crippen molar-refractivity contribution in [3.8, 4) is 5.69 Å². The van der Waals surface area contributed by atoms with Gasteiger partial charge in [-0.25, -0.2) is 0 Å².